The van der Waals surface area contributed by atoms with Gasteiger partial charge in [0.05, 0.1) is 10.5 Å². The maximum absolute atomic E-state index is 12.7. The summed E-state index contributed by atoms with van der Waals surface area (Å²) in [6.45, 7) is 4.86. The summed E-state index contributed by atoms with van der Waals surface area (Å²) in [4.78, 5) is 11.2. The summed E-state index contributed by atoms with van der Waals surface area (Å²) in [6.07, 6.45) is 0. The molecule has 1 aromatic carbocycles. The van der Waals surface area contributed by atoms with Crippen LogP contribution in [0.5, 0.6) is 0 Å². The van der Waals surface area contributed by atoms with Crippen LogP contribution in [0.2, 0.25) is 0 Å². The van der Waals surface area contributed by atoms with E-state index in [4.69, 9.17) is 5.11 Å². The Morgan fingerprint density at radius 3 is 2.67 bits per heavy atom. The molecular weight excluding hydrogens is 378 g/mol. The number of rotatable bonds is 3. The third-order valence-electron chi connectivity index (χ3n) is 3.20. The molecule has 5 nitrogen and oxygen atoms in total. The van der Waals surface area contributed by atoms with Gasteiger partial charge in [-0.05, 0) is 48.0 Å². The van der Waals surface area contributed by atoms with Crippen molar-refractivity contribution in [3.05, 3.63) is 28.2 Å². The maximum atomic E-state index is 12.7. The third-order valence-corrected chi connectivity index (χ3v) is 7.03. The van der Waals surface area contributed by atoms with Crippen molar-refractivity contribution in [2.45, 2.75) is 23.5 Å². The van der Waals surface area contributed by atoms with Gasteiger partial charge < -0.3 is 5.11 Å². The lowest BCUT2D eigenvalue weighted by atomic mass is 10.2. The van der Waals surface area contributed by atoms with Crippen LogP contribution in [-0.4, -0.2) is 47.4 Å². The van der Waals surface area contributed by atoms with E-state index in [0.717, 1.165) is 5.75 Å². The topological polar surface area (TPSA) is 74.7 Å². The van der Waals surface area contributed by atoms with E-state index in [-0.39, 0.29) is 15.2 Å². The van der Waals surface area contributed by atoms with Gasteiger partial charge in [-0.15, -0.1) is 0 Å². The molecule has 2 rings (SSSR count). The minimum absolute atomic E-state index is 0.0193. The van der Waals surface area contributed by atoms with Gasteiger partial charge in [-0.2, -0.15) is 16.1 Å². The summed E-state index contributed by atoms with van der Waals surface area (Å²) in [7, 11) is -3.67. The summed E-state index contributed by atoms with van der Waals surface area (Å²) in [6, 6.07) is 4.09. The number of nitrogens with zero attached hydrogens (tertiary/aromatic N) is 1. The van der Waals surface area contributed by atoms with E-state index < -0.39 is 16.0 Å². The fourth-order valence-corrected chi connectivity index (χ4v) is 5.51. The second-order valence-corrected chi connectivity index (χ2v) is 9.99. The zero-order valence-corrected chi connectivity index (χ0v) is 14.9. The zero-order valence-electron chi connectivity index (χ0n) is 11.7. The number of aromatic carboxylic acids is 1. The molecule has 0 amide bonds. The molecule has 1 N–H and O–H groups in total. The predicted octanol–water partition coefficient (Wildman–Crippen LogP) is 2.66. The van der Waals surface area contributed by atoms with E-state index in [1.165, 1.54) is 22.5 Å². The fourth-order valence-electron chi connectivity index (χ4n) is 2.16. The van der Waals surface area contributed by atoms with Gasteiger partial charge in [0.25, 0.3) is 0 Å². The van der Waals surface area contributed by atoms with Crippen LogP contribution in [0.15, 0.2) is 27.6 Å². The first-order valence-corrected chi connectivity index (χ1v) is 9.52. The first kappa shape index (κ1) is 16.8. The lowest BCUT2D eigenvalue weighted by Gasteiger charge is -2.36. The number of carboxylic acids is 1. The first-order valence-electron chi connectivity index (χ1n) is 6.30. The Bertz CT molecular complexity index is 673. The molecule has 0 unspecified atom stereocenters. The van der Waals surface area contributed by atoms with Crippen LogP contribution in [0.25, 0.3) is 0 Å². The molecule has 0 bridgehead atoms. The number of hydrogen-bond acceptors (Lipinski definition) is 4. The molecule has 0 radical (unpaired) electrons. The van der Waals surface area contributed by atoms with E-state index in [1.54, 1.807) is 11.8 Å². The molecule has 0 saturated carbocycles. The Labute approximate surface area is 136 Å². The Balaban J connectivity index is 2.40. The van der Waals surface area contributed by atoms with Gasteiger partial charge in [0, 0.05) is 28.1 Å². The van der Waals surface area contributed by atoms with Crippen molar-refractivity contribution in [2.75, 3.05) is 18.8 Å². The van der Waals surface area contributed by atoms with Crippen molar-refractivity contribution >= 4 is 43.7 Å². The molecule has 0 atom stereocenters. The Morgan fingerprint density at radius 1 is 1.43 bits per heavy atom. The molecule has 1 aliphatic rings. The normalized spacial score (nSPS) is 19.4. The highest BCUT2D eigenvalue weighted by Gasteiger charge is 2.35. The number of halogens is 1. The van der Waals surface area contributed by atoms with Crippen molar-refractivity contribution in [1.29, 1.82) is 0 Å². The number of carbonyl (C=O) groups is 1. The highest BCUT2D eigenvalue weighted by molar-refractivity contribution is 9.10. The van der Waals surface area contributed by atoms with Gasteiger partial charge >= 0.3 is 5.97 Å². The zero-order chi connectivity index (χ0) is 15.8. The highest BCUT2D eigenvalue weighted by Crippen LogP contribution is 2.33. The summed E-state index contributed by atoms with van der Waals surface area (Å²) in [5, 5.41) is 9.11. The minimum Gasteiger partial charge on any atom is -0.478 e. The van der Waals surface area contributed by atoms with Crippen LogP contribution in [0.3, 0.4) is 0 Å². The molecule has 8 heteroatoms. The van der Waals surface area contributed by atoms with Crippen molar-refractivity contribution in [1.82, 2.24) is 4.31 Å². The van der Waals surface area contributed by atoms with E-state index in [1.807, 2.05) is 13.8 Å². The molecule has 1 saturated heterocycles. The monoisotopic (exact) mass is 393 g/mol. The second-order valence-electron chi connectivity index (χ2n) is 5.39. The highest BCUT2D eigenvalue weighted by atomic mass is 79.9. The van der Waals surface area contributed by atoms with Crippen LogP contribution < -0.4 is 0 Å². The molecule has 0 spiro atoms. The first-order chi connectivity index (χ1) is 9.63. The van der Waals surface area contributed by atoms with E-state index in [2.05, 4.69) is 15.9 Å². The quantitative estimate of drug-likeness (QED) is 0.853. The molecule has 116 valence electrons. The van der Waals surface area contributed by atoms with Crippen LogP contribution >= 0.6 is 27.7 Å². The van der Waals surface area contributed by atoms with Gasteiger partial charge in [0.2, 0.25) is 10.0 Å². The number of sulfonamides is 1. The van der Waals surface area contributed by atoms with E-state index in [0.29, 0.717) is 17.6 Å². The van der Waals surface area contributed by atoms with E-state index in [9.17, 15) is 13.2 Å². The van der Waals surface area contributed by atoms with Crippen molar-refractivity contribution < 1.29 is 18.3 Å². The smallest absolute Gasteiger partial charge is 0.336 e. The lowest BCUT2D eigenvalue weighted by Crippen LogP contribution is -2.46. The number of carboxylic acid groups (broad SMARTS) is 1. The van der Waals surface area contributed by atoms with Crippen LogP contribution in [-0.2, 0) is 10.0 Å². The summed E-state index contributed by atoms with van der Waals surface area (Å²) < 4.78 is 27.0. The Morgan fingerprint density at radius 2 is 2.10 bits per heavy atom. The molecule has 1 heterocycles. The van der Waals surface area contributed by atoms with Gasteiger partial charge in [-0.25, -0.2) is 13.2 Å². The molecule has 1 aliphatic heterocycles. The minimum atomic E-state index is -3.67. The van der Waals surface area contributed by atoms with E-state index >= 15 is 0 Å². The summed E-state index contributed by atoms with van der Waals surface area (Å²) in [5.41, 5.74) is -0.0540. The second kappa shape index (κ2) is 5.91. The van der Waals surface area contributed by atoms with Crippen LogP contribution in [0.4, 0.5) is 0 Å². The standard InChI is InChI=1S/C13H16BrNO4S2/c1-13(2)8-15(5-6-20-13)21(18,19)9-3-4-11(14)10(7-9)12(16)17/h3-4,7H,5-6,8H2,1-2H3,(H,16,17). The SMILES string of the molecule is CC1(C)CN(S(=O)(=O)c2ccc(Br)c(C(=O)O)c2)CCS1. The van der Waals surface area contributed by atoms with Crippen molar-refractivity contribution in [3.63, 3.8) is 0 Å². The Hall–Kier alpha value is -0.570. The van der Waals surface area contributed by atoms with Crippen molar-refractivity contribution in [3.8, 4) is 0 Å². The van der Waals surface area contributed by atoms with Crippen LogP contribution in [0.1, 0.15) is 24.2 Å². The molecule has 21 heavy (non-hydrogen) atoms. The number of hydrogen-bond donors (Lipinski definition) is 1. The van der Waals surface area contributed by atoms with Gasteiger partial charge in [-0.3, -0.25) is 0 Å². The average molecular weight is 394 g/mol. The van der Waals surface area contributed by atoms with Gasteiger partial charge in [-0.1, -0.05) is 0 Å². The lowest BCUT2D eigenvalue weighted by molar-refractivity contribution is 0.0695. The third kappa shape index (κ3) is 3.61. The van der Waals surface area contributed by atoms with Crippen LogP contribution in [0, 0.1) is 0 Å². The molecule has 1 fully saturated rings. The Kier molecular flexibility index (Phi) is 4.72. The van der Waals surface area contributed by atoms with Gasteiger partial charge in [0.15, 0.2) is 0 Å². The number of benzene rings is 1. The molecular formula is C13H16BrNO4S2. The largest absolute Gasteiger partial charge is 0.478 e. The number of thioether (sulfide) groups is 1. The summed E-state index contributed by atoms with van der Waals surface area (Å²) >= 11 is 4.86. The molecule has 0 aromatic heterocycles. The molecule has 0 aliphatic carbocycles. The fraction of sp³-hybridized carbons (Fsp3) is 0.462. The molecule has 1 aromatic rings. The van der Waals surface area contributed by atoms with Crippen molar-refractivity contribution in [2.24, 2.45) is 0 Å². The average Bonchev–Trinajstić information content (AvgIpc) is 2.37. The predicted molar refractivity (Wildman–Crippen MR) is 86.4 cm³/mol. The van der Waals surface area contributed by atoms with Gasteiger partial charge in [0.1, 0.15) is 0 Å². The summed E-state index contributed by atoms with van der Waals surface area (Å²) in [5.74, 6) is -0.428. The maximum Gasteiger partial charge on any atom is 0.336 e.